The van der Waals surface area contributed by atoms with Gasteiger partial charge in [-0.2, -0.15) is 0 Å². The minimum Gasteiger partial charge on any atom is -0.292 e. The Hall–Kier alpha value is -9.07. The van der Waals surface area contributed by atoms with Crippen LogP contribution in [0.25, 0.3) is 143 Å². The van der Waals surface area contributed by atoms with Crippen molar-refractivity contribution in [2.75, 3.05) is 0 Å². The normalized spacial score (nSPS) is 12.2. The number of para-hydroxylation sites is 4. The van der Waals surface area contributed by atoms with E-state index in [1.165, 1.54) is 26.9 Å². The van der Waals surface area contributed by atoms with E-state index in [0.717, 1.165) is 98.8 Å². The highest BCUT2D eigenvalue weighted by Crippen LogP contribution is 2.40. The third-order valence-corrected chi connectivity index (χ3v) is 13.7. The van der Waals surface area contributed by atoms with Gasteiger partial charge in [0.25, 0.3) is 0 Å². The molecule has 10 aromatic carbocycles. The van der Waals surface area contributed by atoms with Crippen molar-refractivity contribution in [2.24, 2.45) is 0 Å². The molecule has 66 heavy (non-hydrogen) atoms. The van der Waals surface area contributed by atoms with Gasteiger partial charge in [-0.1, -0.05) is 133 Å². The quantitative estimate of drug-likeness (QED) is 0.166. The summed E-state index contributed by atoms with van der Waals surface area (Å²) >= 11 is 0. The van der Waals surface area contributed by atoms with E-state index in [2.05, 4.69) is 197 Å². The van der Waals surface area contributed by atoms with Crippen LogP contribution in [-0.4, -0.2) is 33.7 Å². The molecule has 7 nitrogen and oxygen atoms in total. The van der Waals surface area contributed by atoms with Gasteiger partial charge in [0, 0.05) is 38.2 Å². The molecule has 0 aliphatic rings. The maximum Gasteiger partial charge on any atom is 0.164 e. The van der Waals surface area contributed by atoms with Gasteiger partial charge in [-0.3, -0.25) is 8.80 Å². The Kier molecular flexibility index (Phi) is 7.10. The van der Waals surface area contributed by atoms with Crippen molar-refractivity contribution < 1.29 is 0 Å². The molecule has 5 aromatic heterocycles. The third kappa shape index (κ3) is 4.93. The first-order valence-corrected chi connectivity index (χ1v) is 22.3. The predicted octanol–water partition coefficient (Wildman–Crippen LogP) is 14.5. The van der Waals surface area contributed by atoms with Crippen molar-refractivity contribution >= 4 is 109 Å². The molecule has 0 saturated carbocycles. The van der Waals surface area contributed by atoms with E-state index >= 15 is 0 Å². The number of hydrogen-bond donors (Lipinski definition) is 0. The number of imidazole rings is 2. The maximum absolute atomic E-state index is 5.37. The second-order valence-electron chi connectivity index (χ2n) is 17.2. The third-order valence-electron chi connectivity index (χ3n) is 13.7. The maximum atomic E-state index is 5.37. The lowest BCUT2D eigenvalue weighted by Gasteiger charge is -2.14. The number of benzene rings is 10. The Morgan fingerprint density at radius 2 is 0.545 bits per heavy atom. The van der Waals surface area contributed by atoms with Crippen LogP contribution in [0.15, 0.2) is 200 Å². The molecule has 0 amide bonds. The summed E-state index contributed by atoms with van der Waals surface area (Å²) in [5.41, 5.74) is 10.8. The average molecular weight is 840 g/mol. The number of nitrogens with zero attached hydrogens (tertiary/aromatic N) is 7. The fraction of sp³-hybridized carbons (Fsp3) is 0. The molecule has 0 radical (unpaired) electrons. The highest BCUT2D eigenvalue weighted by molar-refractivity contribution is 6.26. The molecule has 15 aromatic rings. The molecule has 0 saturated heterocycles. The van der Waals surface area contributed by atoms with Crippen LogP contribution in [0.2, 0.25) is 0 Å². The van der Waals surface area contributed by atoms with Crippen molar-refractivity contribution in [1.29, 1.82) is 0 Å². The highest BCUT2D eigenvalue weighted by atomic mass is 15.0. The first-order chi connectivity index (χ1) is 32.7. The molecular formula is C59H33N7. The molecule has 0 fully saturated rings. The lowest BCUT2D eigenvalue weighted by atomic mass is 9.93. The molecule has 0 N–H and O–H groups in total. The molecule has 15 rings (SSSR count). The van der Waals surface area contributed by atoms with Gasteiger partial charge in [-0.25, -0.2) is 24.9 Å². The van der Waals surface area contributed by atoms with Gasteiger partial charge in [0.1, 0.15) is 11.3 Å². The van der Waals surface area contributed by atoms with Crippen LogP contribution in [0.1, 0.15) is 0 Å². The molecule has 0 bridgehead atoms. The molecule has 0 aliphatic carbocycles. The molecule has 304 valence electrons. The van der Waals surface area contributed by atoms with Gasteiger partial charge >= 0.3 is 0 Å². The minimum absolute atomic E-state index is 0.598. The van der Waals surface area contributed by atoms with Crippen LogP contribution in [0.4, 0.5) is 0 Å². The lowest BCUT2D eigenvalue weighted by Crippen LogP contribution is -2.01. The first-order valence-electron chi connectivity index (χ1n) is 22.3. The van der Waals surface area contributed by atoms with E-state index < -0.39 is 0 Å². The standard InChI is InChI=1S/C59H33N7/c1-2-15-39-37(13-1)38-14-3-4-16-40(38)46-31-34(25-28-43(39)46)55-62-56(35-26-29-51-47(32-35)41-17-5-7-19-44(41)58-60-49-21-9-11-23-53(49)65(51)58)64-57(63-55)36-27-30-52-48(33-36)42-18-6-8-20-45(42)59-61-50-22-10-12-24-54(50)66(52)59/h1-33H. The van der Waals surface area contributed by atoms with Crippen LogP contribution >= 0.6 is 0 Å². The van der Waals surface area contributed by atoms with Crippen molar-refractivity contribution in [3.05, 3.63) is 200 Å². The molecule has 5 heterocycles. The summed E-state index contributed by atoms with van der Waals surface area (Å²) in [4.78, 5) is 26.3. The van der Waals surface area contributed by atoms with Crippen LogP contribution in [0.3, 0.4) is 0 Å². The zero-order valence-corrected chi connectivity index (χ0v) is 35.2. The van der Waals surface area contributed by atoms with Gasteiger partial charge < -0.3 is 0 Å². The summed E-state index contributed by atoms with van der Waals surface area (Å²) in [6.07, 6.45) is 0. The molecular weight excluding hydrogens is 807 g/mol. The largest absolute Gasteiger partial charge is 0.292 e. The van der Waals surface area contributed by atoms with E-state index in [-0.39, 0.29) is 0 Å². The van der Waals surface area contributed by atoms with Gasteiger partial charge in [-0.05, 0) is 110 Å². The van der Waals surface area contributed by atoms with E-state index in [4.69, 9.17) is 24.9 Å². The second-order valence-corrected chi connectivity index (χ2v) is 17.2. The number of fused-ring (bicyclic) bond motifs is 22. The number of aromatic nitrogens is 7. The number of rotatable bonds is 3. The summed E-state index contributed by atoms with van der Waals surface area (Å²) < 4.78 is 4.56. The second kappa shape index (κ2) is 13.2. The summed E-state index contributed by atoms with van der Waals surface area (Å²) in [6, 6.07) is 70.9. The van der Waals surface area contributed by atoms with Crippen LogP contribution < -0.4 is 0 Å². The molecule has 0 atom stereocenters. The van der Waals surface area contributed by atoms with E-state index in [9.17, 15) is 0 Å². The molecule has 7 heteroatoms. The predicted molar refractivity (Wildman–Crippen MR) is 271 cm³/mol. The molecule has 0 unspecified atom stereocenters. The Bertz CT molecular complexity index is 4350. The molecule has 0 spiro atoms. The van der Waals surface area contributed by atoms with Gasteiger partial charge in [-0.15, -0.1) is 0 Å². The van der Waals surface area contributed by atoms with Gasteiger partial charge in [0.2, 0.25) is 0 Å². The minimum atomic E-state index is 0.598. The fourth-order valence-electron chi connectivity index (χ4n) is 10.7. The number of pyridine rings is 2. The number of hydrogen-bond acceptors (Lipinski definition) is 5. The van der Waals surface area contributed by atoms with Crippen LogP contribution in [0.5, 0.6) is 0 Å². The summed E-state index contributed by atoms with van der Waals surface area (Å²) in [6.45, 7) is 0. The average Bonchev–Trinajstić information content (AvgIpc) is 3.99. The van der Waals surface area contributed by atoms with Gasteiger partial charge in [0.15, 0.2) is 17.5 Å². The van der Waals surface area contributed by atoms with Gasteiger partial charge in [0.05, 0.1) is 33.1 Å². The van der Waals surface area contributed by atoms with Crippen LogP contribution in [-0.2, 0) is 0 Å². The Balaban J connectivity index is 1.01. The summed E-state index contributed by atoms with van der Waals surface area (Å²) in [5.74, 6) is 1.80. The Morgan fingerprint density at radius 3 is 0.985 bits per heavy atom. The van der Waals surface area contributed by atoms with Crippen molar-refractivity contribution in [3.8, 4) is 34.2 Å². The Labute approximate surface area is 375 Å². The highest BCUT2D eigenvalue weighted by Gasteiger charge is 2.20. The zero-order chi connectivity index (χ0) is 43.0. The fourth-order valence-corrected chi connectivity index (χ4v) is 10.7. The smallest absolute Gasteiger partial charge is 0.164 e. The SMILES string of the molecule is c1ccc2c(c1)nc1c3ccccc3c3cc(-c4nc(-c5ccc6c7ccccc7c7ccccc7c6c5)nc(-c5ccc6c(c5)c5ccccc5c5nc7ccccc7n65)n4)ccc3n21. The van der Waals surface area contributed by atoms with E-state index in [1.54, 1.807) is 0 Å². The van der Waals surface area contributed by atoms with Crippen molar-refractivity contribution in [3.63, 3.8) is 0 Å². The van der Waals surface area contributed by atoms with E-state index in [1.807, 2.05) is 12.1 Å². The first kappa shape index (κ1) is 35.4. The van der Waals surface area contributed by atoms with E-state index in [0.29, 0.717) is 17.5 Å². The monoisotopic (exact) mass is 839 g/mol. The van der Waals surface area contributed by atoms with Crippen molar-refractivity contribution in [1.82, 2.24) is 33.7 Å². The topological polar surface area (TPSA) is 73.3 Å². The van der Waals surface area contributed by atoms with Crippen molar-refractivity contribution in [2.45, 2.75) is 0 Å². The lowest BCUT2D eigenvalue weighted by molar-refractivity contribution is 1.08. The zero-order valence-electron chi connectivity index (χ0n) is 35.2. The molecule has 0 aliphatic heterocycles. The Morgan fingerprint density at radius 1 is 0.227 bits per heavy atom. The van der Waals surface area contributed by atoms with Crippen LogP contribution in [0, 0.1) is 0 Å². The summed E-state index contributed by atoms with van der Waals surface area (Å²) in [7, 11) is 0. The summed E-state index contributed by atoms with van der Waals surface area (Å²) in [5, 5.41) is 13.9.